The van der Waals surface area contributed by atoms with E-state index in [-0.39, 0.29) is 0 Å². The molecule has 1 atom stereocenters. The van der Waals surface area contributed by atoms with E-state index in [1.54, 1.807) is 0 Å². The highest BCUT2D eigenvalue weighted by molar-refractivity contribution is 5.71. The molecule has 0 heterocycles. The molecule has 0 radical (unpaired) electrons. The fraction of sp³-hybridized carbons (Fsp3) is 0.263. The summed E-state index contributed by atoms with van der Waals surface area (Å²) in [6.45, 7) is 2.26. The maximum Gasteiger partial charge on any atom is 0.00274 e. The van der Waals surface area contributed by atoms with Crippen LogP contribution >= 0.6 is 0 Å². The lowest BCUT2D eigenvalue weighted by Crippen LogP contribution is -1.94. The van der Waals surface area contributed by atoms with Crippen molar-refractivity contribution in [3.63, 3.8) is 0 Å². The van der Waals surface area contributed by atoms with Crippen LogP contribution in [0.15, 0.2) is 54.6 Å². The van der Waals surface area contributed by atoms with Gasteiger partial charge in [-0.05, 0) is 34.7 Å². The van der Waals surface area contributed by atoms with E-state index in [1.807, 2.05) is 0 Å². The van der Waals surface area contributed by atoms with Gasteiger partial charge in [0.25, 0.3) is 0 Å². The highest BCUT2D eigenvalue weighted by atomic mass is 14.2. The molecule has 0 saturated heterocycles. The maximum atomic E-state index is 2.38. The Morgan fingerprint density at radius 2 is 1.79 bits per heavy atom. The van der Waals surface area contributed by atoms with Gasteiger partial charge >= 0.3 is 0 Å². The molecule has 0 aromatic heterocycles. The lowest BCUT2D eigenvalue weighted by Gasteiger charge is -2.12. The minimum atomic E-state index is 0.624. The molecule has 19 heavy (non-hydrogen) atoms. The van der Waals surface area contributed by atoms with Crippen molar-refractivity contribution < 1.29 is 0 Å². The van der Waals surface area contributed by atoms with Gasteiger partial charge in [-0.15, -0.1) is 0 Å². The molecule has 1 unspecified atom stereocenters. The third kappa shape index (κ3) is 2.49. The van der Waals surface area contributed by atoms with Gasteiger partial charge in [0.15, 0.2) is 0 Å². The van der Waals surface area contributed by atoms with E-state index < -0.39 is 0 Å². The molecule has 0 nitrogen and oxygen atoms in total. The van der Waals surface area contributed by atoms with Crippen molar-refractivity contribution in [3.05, 3.63) is 65.7 Å². The second-order valence-electron chi connectivity index (χ2n) is 5.32. The second kappa shape index (κ2) is 5.44. The molecule has 0 amide bonds. The predicted molar refractivity (Wildman–Crippen MR) is 83.2 cm³/mol. The SMILES string of the molecule is CCCCC1C=Cc2ccc(-c3ccccc3)cc21. The summed E-state index contributed by atoms with van der Waals surface area (Å²) in [5.74, 6) is 0.624. The average Bonchev–Trinajstić information content (AvgIpc) is 2.88. The Hall–Kier alpha value is -1.82. The largest absolute Gasteiger partial charge is 0.0764 e. The van der Waals surface area contributed by atoms with Crippen LogP contribution in [0.25, 0.3) is 17.2 Å². The Labute approximate surface area is 115 Å². The summed E-state index contributed by atoms with van der Waals surface area (Å²) in [4.78, 5) is 0. The van der Waals surface area contributed by atoms with Crippen LogP contribution in [-0.4, -0.2) is 0 Å². The predicted octanol–water partition coefficient (Wildman–Crippen LogP) is 5.65. The number of rotatable bonds is 4. The molecule has 0 spiro atoms. The van der Waals surface area contributed by atoms with Crippen LogP contribution in [0, 0.1) is 0 Å². The van der Waals surface area contributed by atoms with Gasteiger partial charge in [0.2, 0.25) is 0 Å². The van der Waals surface area contributed by atoms with Crippen LogP contribution in [0.3, 0.4) is 0 Å². The summed E-state index contributed by atoms with van der Waals surface area (Å²) < 4.78 is 0. The van der Waals surface area contributed by atoms with Crippen molar-refractivity contribution in [3.8, 4) is 11.1 Å². The van der Waals surface area contributed by atoms with Crippen molar-refractivity contribution in [1.29, 1.82) is 0 Å². The first kappa shape index (κ1) is 12.2. The van der Waals surface area contributed by atoms with E-state index in [4.69, 9.17) is 0 Å². The summed E-state index contributed by atoms with van der Waals surface area (Å²) in [7, 11) is 0. The quantitative estimate of drug-likeness (QED) is 0.655. The molecule has 1 aliphatic carbocycles. The van der Waals surface area contributed by atoms with E-state index in [2.05, 4.69) is 67.6 Å². The summed E-state index contributed by atoms with van der Waals surface area (Å²) in [5.41, 5.74) is 5.56. The van der Waals surface area contributed by atoms with E-state index in [1.165, 1.54) is 41.5 Å². The Bertz CT molecular complexity index is 578. The summed E-state index contributed by atoms with van der Waals surface area (Å²) in [6, 6.07) is 17.5. The third-order valence-electron chi connectivity index (χ3n) is 3.97. The Morgan fingerprint density at radius 1 is 0.947 bits per heavy atom. The average molecular weight is 248 g/mol. The van der Waals surface area contributed by atoms with Gasteiger partial charge in [-0.1, -0.05) is 74.4 Å². The van der Waals surface area contributed by atoms with Crippen LogP contribution in [0.1, 0.15) is 43.2 Å². The number of unbranched alkanes of at least 4 members (excludes halogenated alkanes) is 1. The number of benzene rings is 2. The zero-order chi connectivity index (χ0) is 13.1. The Kier molecular flexibility index (Phi) is 3.50. The lowest BCUT2D eigenvalue weighted by molar-refractivity contribution is 0.669. The normalized spacial score (nSPS) is 16.6. The van der Waals surface area contributed by atoms with Crippen molar-refractivity contribution in [2.45, 2.75) is 32.1 Å². The topological polar surface area (TPSA) is 0 Å². The molecule has 0 N–H and O–H groups in total. The minimum Gasteiger partial charge on any atom is -0.0764 e. The fourth-order valence-corrected chi connectivity index (χ4v) is 2.86. The zero-order valence-corrected chi connectivity index (χ0v) is 11.5. The second-order valence-corrected chi connectivity index (χ2v) is 5.32. The van der Waals surface area contributed by atoms with Gasteiger partial charge in [0, 0.05) is 5.92 Å². The maximum absolute atomic E-state index is 2.38. The molecular formula is C19H20. The molecular weight excluding hydrogens is 228 g/mol. The number of fused-ring (bicyclic) bond motifs is 1. The van der Waals surface area contributed by atoms with Gasteiger partial charge in [0.05, 0.1) is 0 Å². The van der Waals surface area contributed by atoms with Gasteiger partial charge in [-0.3, -0.25) is 0 Å². The molecule has 0 bridgehead atoms. The van der Waals surface area contributed by atoms with Gasteiger partial charge in [-0.2, -0.15) is 0 Å². The standard InChI is InChI=1S/C19H20/c1-2-3-7-16-10-11-17-12-13-18(14-19(16)17)15-8-5-4-6-9-15/h4-6,8-14,16H,2-3,7H2,1H3. The summed E-state index contributed by atoms with van der Waals surface area (Å²) in [6.07, 6.45) is 8.51. The molecule has 2 aromatic carbocycles. The van der Waals surface area contributed by atoms with Crippen LogP contribution in [0.4, 0.5) is 0 Å². The highest BCUT2D eigenvalue weighted by Gasteiger charge is 2.17. The zero-order valence-electron chi connectivity index (χ0n) is 11.5. The molecule has 2 aromatic rings. The van der Waals surface area contributed by atoms with Crippen LogP contribution < -0.4 is 0 Å². The van der Waals surface area contributed by atoms with Gasteiger partial charge < -0.3 is 0 Å². The van der Waals surface area contributed by atoms with E-state index >= 15 is 0 Å². The Balaban J connectivity index is 1.92. The van der Waals surface area contributed by atoms with Gasteiger partial charge in [0.1, 0.15) is 0 Å². The highest BCUT2D eigenvalue weighted by Crippen LogP contribution is 2.36. The van der Waals surface area contributed by atoms with E-state index in [0.717, 1.165) is 0 Å². The van der Waals surface area contributed by atoms with E-state index in [9.17, 15) is 0 Å². The smallest absolute Gasteiger partial charge is 0.00274 e. The minimum absolute atomic E-state index is 0.624. The first-order chi connectivity index (χ1) is 9.38. The van der Waals surface area contributed by atoms with Gasteiger partial charge in [-0.25, -0.2) is 0 Å². The fourth-order valence-electron chi connectivity index (χ4n) is 2.86. The molecule has 0 saturated carbocycles. The summed E-state index contributed by atoms with van der Waals surface area (Å²) >= 11 is 0. The van der Waals surface area contributed by atoms with Crippen LogP contribution in [-0.2, 0) is 0 Å². The molecule has 0 aliphatic heterocycles. The molecule has 0 heteroatoms. The van der Waals surface area contributed by atoms with Crippen molar-refractivity contribution in [2.75, 3.05) is 0 Å². The molecule has 96 valence electrons. The molecule has 1 aliphatic rings. The first-order valence-corrected chi connectivity index (χ1v) is 7.26. The molecule has 3 rings (SSSR count). The van der Waals surface area contributed by atoms with Crippen LogP contribution in [0.5, 0.6) is 0 Å². The van der Waals surface area contributed by atoms with Crippen molar-refractivity contribution in [2.24, 2.45) is 0 Å². The third-order valence-corrected chi connectivity index (χ3v) is 3.97. The number of hydrogen-bond donors (Lipinski definition) is 0. The van der Waals surface area contributed by atoms with E-state index in [0.29, 0.717) is 5.92 Å². The van der Waals surface area contributed by atoms with Crippen molar-refractivity contribution in [1.82, 2.24) is 0 Å². The first-order valence-electron chi connectivity index (χ1n) is 7.26. The summed E-state index contributed by atoms with van der Waals surface area (Å²) in [5, 5.41) is 0. The molecule has 0 fully saturated rings. The monoisotopic (exact) mass is 248 g/mol. The Morgan fingerprint density at radius 3 is 2.58 bits per heavy atom. The number of allylic oxidation sites excluding steroid dienone is 1. The van der Waals surface area contributed by atoms with Crippen molar-refractivity contribution >= 4 is 6.08 Å². The lowest BCUT2D eigenvalue weighted by atomic mass is 9.92. The number of hydrogen-bond acceptors (Lipinski definition) is 0. The van der Waals surface area contributed by atoms with Crippen LogP contribution in [0.2, 0.25) is 0 Å².